The molecule has 2 aromatic carbocycles. The van der Waals surface area contributed by atoms with Crippen molar-refractivity contribution in [2.45, 2.75) is 13.8 Å². The van der Waals surface area contributed by atoms with Crippen molar-refractivity contribution in [3.8, 4) is 5.75 Å². The molecule has 0 spiro atoms. The number of ether oxygens (including phenoxy) is 1. The molecule has 0 atom stereocenters. The van der Waals surface area contributed by atoms with Crippen LogP contribution >= 0.6 is 0 Å². The predicted molar refractivity (Wildman–Crippen MR) is 103 cm³/mol. The highest BCUT2D eigenvalue weighted by molar-refractivity contribution is 6.05. The smallest absolute Gasteiger partial charge is 0.255 e. The minimum absolute atomic E-state index is 0.0145. The standard InChI is InChI=1S/C21H20F2N2O3/c1-4-9-25-17-8-6-14(11-18(17)28-12-21(2,3)20(25)27)24-19(26)13-5-7-15(22)16(23)10-13/h4-8,10-11H,1,9,12H2,2-3H3,(H,24,26). The number of benzene rings is 2. The average molecular weight is 386 g/mol. The van der Waals surface area contributed by atoms with Gasteiger partial charge in [-0.2, -0.15) is 0 Å². The van der Waals surface area contributed by atoms with Gasteiger partial charge in [0, 0.05) is 23.9 Å². The fourth-order valence-corrected chi connectivity index (χ4v) is 2.88. The third-order valence-electron chi connectivity index (χ3n) is 4.41. The Labute approximate surface area is 161 Å². The zero-order valence-electron chi connectivity index (χ0n) is 15.6. The highest BCUT2D eigenvalue weighted by Crippen LogP contribution is 2.38. The Kier molecular flexibility index (Phi) is 5.18. The number of anilines is 2. The number of carbonyl (C=O) groups excluding carboxylic acids is 2. The Hall–Kier alpha value is -3.22. The van der Waals surface area contributed by atoms with Gasteiger partial charge in [-0.15, -0.1) is 6.58 Å². The first-order chi connectivity index (χ1) is 13.2. The van der Waals surface area contributed by atoms with Gasteiger partial charge < -0.3 is 15.0 Å². The maximum Gasteiger partial charge on any atom is 0.255 e. The van der Waals surface area contributed by atoms with Crippen LogP contribution in [-0.2, 0) is 4.79 Å². The first-order valence-corrected chi connectivity index (χ1v) is 8.69. The molecule has 146 valence electrons. The highest BCUT2D eigenvalue weighted by Gasteiger charge is 2.37. The van der Waals surface area contributed by atoms with Crippen molar-refractivity contribution in [1.29, 1.82) is 0 Å². The monoisotopic (exact) mass is 386 g/mol. The molecular formula is C21H20F2N2O3. The molecule has 1 aliphatic rings. The lowest BCUT2D eigenvalue weighted by Crippen LogP contribution is -2.42. The van der Waals surface area contributed by atoms with E-state index in [-0.39, 0.29) is 18.1 Å². The molecule has 7 heteroatoms. The lowest BCUT2D eigenvalue weighted by Gasteiger charge is -2.27. The van der Waals surface area contributed by atoms with Crippen LogP contribution in [0.5, 0.6) is 5.75 Å². The van der Waals surface area contributed by atoms with Crippen LogP contribution in [0.25, 0.3) is 0 Å². The van der Waals surface area contributed by atoms with Crippen LogP contribution < -0.4 is 15.0 Å². The van der Waals surface area contributed by atoms with Crippen molar-refractivity contribution in [2.24, 2.45) is 5.41 Å². The van der Waals surface area contributed by atoms with E-state index in [0.29, 0.717) is 23.7 Å². The van der Waals surface area contributed by atoms with Crippen LogP contribution in [0.3, 0.4) is 0 Å². The van der Waals surface area contributed by atoms with E-state index in [1.54, 1.807) is 43.0 Å². The van der Waals surface area contributed by atoms with Crippen LogP contribution in [0.2, 0.25) is 0 Å². The maximum atomic E-state index is 13.4. The molecule has 0 unspecified atom stereocenters. The van der Waals surface area contributed by atoms with Gasteiger partial charge in [-0.25, -0.2) is 8.78 Å². The lowest BCUT2D eigenvalue weighted by molar-refractivity contribution is -0.127. The molecule has 0 saturated carbocycles. The second kappa shape index (κ2) is 7.42. The van der Waals surface area contributed by atoms with Crippen LogP contribution in [-0.4, -0.2) is 25.0 Å². The van der Waals surface area contributed by atoms with Gasteiger partial charge >= 0.3 is 0 Å². The first kappa shape index (κ1) is 19.5. The van der Waals surface area contributed by atoms with E-state index >= 15 is 0 Å². The maximum absolute atomic E-state index is 13.4. The molecule has 0 radical (unpaired) electrons. The van der Waals surface area contributed by atoms with Gasteiger partial charge in [0.25, 0.3) is 5.91 Å². The third kappa shape index (κ3) is 3.74. The summed E-state index contributed by atoms with van der Waals surface area (Å²) in [6.45, 7) is 7.78. The first-order valence-electron chi connectivity index (χ1n) is 8.69. The van der Waals surface area contributed by atoms with Crippen molar-refractivity contribution in [1.82, 2.24) is 0 Å². The number of amides is 2. The summed E-state index contributed by atoms with van der Waals surface area (Å²) < 4.78 is 32.2. The molecule has 0 aliphatic carbocycles. The second-order valence-electron chi connectivity index (χ2n) is 7.14. The van der Waals surface area contributed by atoms with Crippen molar-refractivity contribution in [2.75, 3.05) is 23.4 Å². The highest BCUT2D eigenvalue weighted by atomic mass is 19.2. The van der Waals surface area contributed by atoms with Crippen molar-refractivity contribution in [3.63, 3.8) is 0 Å². The largest absolute Gasteiger partial charge is 0.490 e. The van der Waals surface area contributed by atoms with Gasteiger partial charge in [0.05, 0.1) is 11.1 Å². The Morgan fingerprint density at radius 1 is 1.25 bits per heavy atom. The van der Waals surface area contributed by atoms with Crippen molar-refractivity contribution < 1.29 is 23.1 Å². The van der Waals surface area contributed by atoms with Gasteiger partial charge in [0.1, 0.15) is 12.4 Å². The fraction of sp³-hybridized carbons (Fsp3) is 0.238. The van der Waals surface area contributed by atoms with E-state index < -0.39 is 23.0 Å². The van der Waals surface area contributed by atoms with E-state index in [0.717, 1.165) is 12.1 Å². The molecule has 2 aromatic rings. The molecule has 5 nitrogen and oxygen atoms in total. The minimum atomic E-state index is -1.10. The molecule has 1 heterocycles. The Morgan fingerprint density at radius 3 is 2.68 bits per heavy atom. The summed E-state index contributed by atoms with van der Waals surface area (Å²) in [6.07, 6.45) is 1.63. The molecule has 1 aliphatic heterocycles. The quantitative estimate of drug-likeness (QED) is 0.803. The topological polar surface area (TPSA) is 58.6 Å². The van der Waals surface area contributed by atoms with Crippen LogP contribution in [0, 0.1) is 17.0 Å². The number of halogens is 2. The van der Waals surface area contributed by atoms with Crippen LogP contribution in [0.15, 0.2) is 49.1 Å². The molecule has 1 N–H and O–H groups in total. The molecular weight excluding hydrogens is 366 g/mol. The van der Waals surface area contributed by atoms with E-state index in [1.165, 1.54) is 6.07 Å². The summed E-state index contributed by atoms with van der Waals surface area (Å²) >= 11 is 0. The van der Waals surface area contributed by atoms with Crippen molar-refractivity contribution in [3.05, 3.63) is 66.3 Å². The Balaban J connectivity index is 1.89. The van der Waals surface area contributed by atoms with Gasteiger partial charge in [0.2, 0.25) is 5.91 Å². The molecule has 0 saturated heterocycles. The summed E-state index contributed by atoms with van der Waals surface area (Å²) in [6, 6.07) is 7.79. The minimum Gasteiger partial charge on any atom is -0.490 e. The molecule has 28 heavy (non-hydrogen) atoms. The van der Waals surface area contributed by atoms with E-state index in [1.807, 2.05) is 0 Å². The normalized spacial score (nSPS) is 15.3. The number of fused-ring (bicyclic) bond motifs is 1. The van der Waals surface area contributed by atoms with Gasteiger partial charge in [-0.1, -0.05) is 6.08 Å². The number of carbonyl (C=O) groups is 2. The number of hydrogen-bond acceptors (Lipinski definition) is 3. The molecule has 0 aromatic heterocycles. The van der Waals surface area contributed by atoms with E-state index in [2.05, 4.69) is 11.9 Å². The van der Waals surface area contributed by atoms with Gasteiger partial charge in [-0.05, 0) is 44.2 Å². The number of hydrogen-bond donors (Lipinski definition) is 1. The molecule has 3 rings (SSSR count). The predicted octanol–water partition coefficient (Wildman–Crippen LogP) is 4.15. The second-order valence-corrected chi connectivity index (χ2v) is 7.14. The molecule has 2 amide bonds. The summed E-state index contributed by atoms with van der Waals surface area (Å²) in [5.74, 6) is -2.37. The van der Waals surface area contributed by atoms with E-state index in [9.17, 15) is 18.4 Å². The Morgan fingerprint density at radius 2 is 2.00 bits per heavy atom. The molecule has 0 fully saturated rings. The zero-order chi connectivity index (χ0) is 20.5. The number of nitrogens with one attached hydrogen (secondary N) is 1. The van der Waals surface area contributed by atoms with E-state index in [4.69, 9.17) is 4.74 Å². The van der Waals surface area contributed by atoms with Crippen molar-refractivity contribution >= 4 is 23.2 Å². The number of rotatable bonds is 4. The Bertz CT molecular complexity index is 957. The summed E-state index contributed by atoms with van der Waals surface area (Å²) in [4.78, 5) is 26.7. The fourth-order valence-electron chi connectivity index (χ4n) is 2.88. The number of nitrogens with zero attached hydrogens (tertiary/aromatic N) is 1. The lowest BCUT2D eigenvalue weighted by atomic mass is 9.93. The molecule has 0 bridgehead atoms. The van der Waals surface area contributed by atoms with Crippen LogP contribution in [0.4, 0.5) is 20.2 Å². The summed E-state index contributed by atoms with van der Waals surface area (Å²) in [7, 11) is 0. The van der Waals surface area contributed by atoms with Crippen LogP contribution in [0.1, 0.15) is 24.2 Å². The SMILES string of the molecule is C=CCN1C(=O)C(C)(C)COc2cc(NC(=O)c3ccc(F)c(F)c3)ccc21. The third-order valence-corrected chi connectivity index (χ3v) is 4.41. The summed E-state index contributed by atoms with van der Waals surface area (Å²) in [5, 5.41) is 2.62. The zero-order valence-corrected chi connectivity index (χ0v) is 15.6. The summed E-state index contributed by atoms with van der Waals surface area (Å²) in [5.41, 5.74) is 0.233. The van der Waals surface area contributed by atoms with Gasteiger partial charge in [-0.3, -0.25) is 9.59 Å². The van der Waals surface area contributed by atoms with Gasteiger partial charge in [0.15, 0.2) is 11.6 Å². The average Bonchev–Trinajstić information content (AvgIpc) is 2.74.